The van der Waals surface area contributed by atoms with E-state index < -0.39 is 15.0 Å². The predicted octanol–water partition coefficient (Wildman–Crippen LogP) is 0.793. The molecule has 0 heterocycles. The van der Waals surface area contributed by atoms with Crippen molar-refractivity contribution in [2.75, 3.05) is 0 Å². The van der Waals surface area contributed by atoms with Crippen molar-refractivity contribution >= 4 is 10.1 Å². The van der Waals surface area contributed by atoms with Gasteiger partial charge in [0, 0.05) is 0 Å². The number of benzene rings is 1. The highest BCUT2D eigenvalue weighted by Gasteiger charge is 2.15. The zero-order valence-electron chi connectivity index (χ0n) is 6.34. The minimum Gasteiger partial charge on any atom is -0.387 e. The highest BCUT2D eigenvalue weighted by Crippen LogP contribution is 2.22. The van der Waals surface area contributed by atoms with Crippen molar-refractivity contribution in [1.29, 1.82) is 5.26 Å². The lowest BCUT2D eigenvalue weighted by molar-refractivity contribution is 0.461. The van der Waals surface area contributed by atoms with Gasteiger partial charge in [0.25, 0.3) is 16.4 Å². The Balaban J connectivity index is 3.30. The first kappa shape index (κ1) is 9.51. The summed E-state index contributed by atoms with van der Waals surface area (Å²) in [6.07, 6.45) is 1.32. The van der Waals surface area contributed by atoms with Gasteiger partial charge < -0.3 is 4.74 Å². The van der Waals surface area contributed by atoms with Crippen LogP contribution in [0.5, 0.6) is 5.75 Å². The monoisotopic (exact) mass is 199 g/mol. The first-order valence-corrected chi connectivity index (χ1v) is 4.62. The second-order valence-electron chi connectivity index (χ2n) is 2.12. The number of rotatable bonds is 2. The normalized spacial score (nSPS) is 10.5. The molecule has 0 atom stereocenters. The van der Waals surface area contributed by atoms with Gasteiger partial charge in [-0.15, -0.1) is 5.26 Å². The molecule has 0 unspecified atom stereocenters. The first-order valence-electron chi connectivity index (χ1n) is 3.18. The van der Waals surface area contributed by atoms with Gasteiger partial charge in [0.15, 0.2) is 5.75 Å². The van der Waals surface area contributed by atoms with Gasteiger partial charge in [0.1, 0.15) is 4.90 Å². The maximum atomic E-state index is 10.7. The fourth-order valence-electron chi connectivity index (χ4n) is 0.797. The SMILES string of the molecule is N#COc1ccccc1S(=O)(=O)O. The van der Waals surface area contributed by atoms with E-state index in [1.165, 1.54) is 24.5 Å². The molecule has 6 heteroatoms. The number of hydrogen-bond acceptors (Lipinski definition) is 4. The van der Waals surface area contributed by atoms with E-state index in [1.807, 2.05) is 0 Å². The molecule has 0 bridgehead atoms. The van der Waals surface area contributed by atoms with Crippen molar-refractivity contribution < 1.29 is 17.7 Å². The summed E-state index contributed by atoms with van der Waals surface area (Å²) in [4.78, 5) is -0.420. The second kappa shape index (κ2) is 3.43. The van der Waals surface area contributed by atoms with Gasteiger partial charge in [0.2, 0.25) is 0 Å². The number of nitrogens with zero attached hydrogens (tertiary/aromatic N) is 1. The quantitative estimate of drug-likeness (QED) is 0.562. The molecular formula is C7H5NO4S. The zero-order chi connectivity index (χ0) is 9.90. The average molecular weight is 199 g/mol. The molecule has 0 aliphatic rings. The Morgan fingerprint density at radius 1 is 1.38 bits per heavy atom. The van der Waals surface area contributed by atoms with Crippen molar-refractivity contribution in [1.82, 2.24) is 0 Å². The Morgan fingerprint density at radius 3 is 2.54 bits per heavy atom. The summed E-state index contributed by atoms with van der Waals surface area (Å²) in [5.41, 5.74) is 0. The molecule has 0 amide bonds. The summed E-state index contributed by atoms with van der Waals surface area (Å²) in [6, 6.07) is 5.31. The molecular weight excluding hydrogens is 194 g/mol. The van der Waals surface area contributed by atoms with E-state index in [1.54, 1.807) is 0 Å². The summed E-state index contributed by atoms with van der Waals surface area (Å²) in [6.45, 7) is 0. The van der Waals surface area contributed by atoms with Gasteiger partial charge in [-0.3, -0.25) is 4.55 Å². The Hall–Kier alpha value is -1.58. The van der Waals surface area contributed by atoms with Crippen molar-refractivity contribution in [3.8, 4) is 12.0 Å². The van der Waals surface area contributed by atoms with Crippen LogP contribution in [0.4, 0.5) is 0 Å². The van der Waals surface area contributed by atoms with Gasteiger partial charge in [-0.05, 0) is 12.1 Å². The van der Waals surface area contributed by atoms with Crippen LogP contribution in [0.2, 0.25) is 0 Å². The molecule has 1 rings (SSSR count). The van der Waals surface area contributed by atoms with Crippen LogP contribution in [-0.2, 0) is 10.1 Å². The molecule has 0 saturated heterocycles. The van der Waals surface area contributed by atoms with E-state index in [2.05, 4.69) is 4.74 Å². The molecule has 13 heavy (non-hydrogen) atoms. The average Bonchev–Trinajstić information content (AvgIpc) is 2.04. The maximum Gasteiger partial charge on any atom is 0.298 e. The molecule has 5 nitrogen and oxygen atoms in total. The Bertz CT molecular complexity index is 446. The number of para-hydroxylation sites is 1. The van der Waals surface area contributed by atoms with Gasteiger partial charge in [-0.1, -0.05) is 12.1 Å². The Kier molecular flexibility index (Phi) is 2.51. The summed E-state index contributed by atoms with van der Waals surface area (Å²) >= 11 is 0. The third-order valence-electron chi connectivity index (χ3n) is 1.28. The lowest BCUT2D eigenvalue weighted by atomic mass is 10.3. The summed E-state index contributed by atoms with van der Waals surface area (Å²) in [5, 5.41) is 8.16. The number of nitriles is 1. The van der Waals surface area contributed by atoms with Crippen molar-refractivity contribution in [3.63, 3.8) is 0 Å². The predicted molar refractivity (Wildman–Crippen MR) is 42.5 cm³/mol. The van der Waals surface area contributed by atoms with Crippen LogP contribution in [0, 0.1) is 11.5 Å². The smallest absolute Gasteiger partial charge is 0.298 e. The van der Waals surface area contributed by atoms with Gasteiger partial charge in [-0.2, -0.15) is 8.42 Å². The minimum absolute atomic E-state index is 0.187. The third-order valence-corrected chi connectivity index (χ3v) is 2.18. The minimum atomic E-state index is -4.33. The standard InChI is InChI=1S/C7H5NO4S/c8-5-12-6-3-1-2-4-7(6)13(9,10)11/h1-4H,(H,9,10,11). The molecule has 0 spiro atoms. The molecule has 68 valence electrons. The molecule has 1 aromatic carbocycles. The van der Waals surface area contributed by atoms with E-state index in [0.29, 0.717) is 0 Å². The lowest BCUT2D eigenvalue weighted by Crippen LogP contribution is -2.00. The zero-order valence-corrected chi connectivity index (χ0v) is 7.15. The van der Waals surface area contributed by atoms with Crippen molar-refractivity contribution in [2.24, 2.45) is 0 Å². The van der Waals surface area contributed by atoms with Crippen molar-refractivity contribution in [2.45, 2.75) is 4.90 Å². The second-order valence-corrected chi connectivity index (χ2v) is 3.51. The number of hydrogen-bond donors (Lipinski definition) is 1. The lowest BCUT2D eigenvalue weighted by Gasteiger charge is -2.01. The Labute approximate surface area is 74.9 Å². The van der Waals surface area contributed by atoms with Gasteiger partial charge in [0.05, 0.1) is 0 Å². The molecule has 0 radical (unpaired) electrons. The first-order chi connectivity index (χ1) is 6.05. The highest BCUT2D eigenvalue weighted by atomic mass is 32.2. The van der Waals surface area contributed by atoms with Gasteiger partial charge in [-0.25, -0.2) is 0 Å². The topological polar surface area (TPSA) is 87.4 Å². The van der Waals surface area contributed by atoms with Crippen LogP contribution in [0.25, 0.3) is 0 Å². The van der Waals surface area contributed by atoms with Crippen LogP contribution >= 0.6 is 0 Å². The fraction of sp³-hybridized carbons (Fsp3) is 0. The van der Waals surface area contributed by atoms with Gasteiger partial charge >= 0.3 is 0 Å². The van der Waals surface area contributed by atoms with E-state index in [-0.39, 0.29) is 5.75 Å². The third kappa shape index (κ3) is 2.18. The van der Waals surface area contributed by atoms with Crippen LogP contribution in [0.1, 0.15) is 0 Å². The summed E-state index contributed by atoms with van der Waals surface area (Å²) in [7, 11) is -4.33. The van der Waals surface area contributed by atoms with Crippen LogP contribution < -0.4 is 4.74 Å². The molecule has 0 fully saturated rings. The molecule has 0 aromatic heterocycles. The van der Waals surface area contributed by atoms with E-state index in [4.69, 9.17) is 9.81 Å². The van der Waals surface area contributed by atoms with Crippen molar-refractivity contribution in [3.05, 3.63) is 24.3 Å². The van der Waals surface area contributed by atoms with Crippen LogP contribution in [0.3, 0.4) is 0 Å². The summed E-state index contributed by atoms with van der Waals surface area (Å²) in [5.74, 6) is -0.187. The van der Waals surface area contributed by atoms with E-state index in [9.17, 15) is 8.42 Å². The molecule has 0 aliphatic heterocycles. The van der Waals surface area contributed by atoms with E-state index >= 15 is 0 Å². The fourth-order valence-corrected chi connectivity index (χ4v) is 1.41. The largest absolute Gasteiger partial charge is 0.387 e. The molecule has 1 aromatic rings. The molecule has 0 aliphatic carbocycles. The molecule has 0 saturated carbocycles. The van der Waals surface area contributed by atoms with Crippen LogP contribution in [0.15, 0.2) is 29.2 Å². The van der Waals surface area contributed by atoms with E-state index in [0.717, 1.165) is 6.07 Å². The maximum absolute atomic E-state index is 10.7. The highest BCUT2D eigenvalue weighted by molar-refractivity contribution is 7.86. The number of ether oxygens (including phenoxy) is 1. The summed E-state index contributed by atoms with van der Waals surface area (Å²) < 4.78 is 34.4. The Morgan fingerprint density at radius 2 is 2.00 bits per heavy atom. The molecule has 1 N–H and O–H groups in total. The van der Waals surface area contributed by atoms with Crippen LogP contribution in [-0.4, -0.2) is 13.0 Å².